The maximum Gasteiger partial charge on any atom is 0.263 e. The quantitative estimate of drug-likeness (QED) is 0.825. The second-order valence-electron chi connectivity index (χ2n) is 4.37. The number of amides is 1. The Kier molecular flexibility index (Phi) is 3.50. The molecule has 1 fully saturated rings. The van der Waals surface area contributed by atoms with Gasteiger partial charge in [0.05, 0.1) is 11.2 Å². The Morgan fingerprint density at radius 1 is 1.69 bits per heavy atom. The fourth-order valence-electron chi connectivity index (χ4n) is 1.71. The number of nitrogens with zero attached hydrogens (tertiary/aromatic N) is 1. The van der Waals surface area contributed by atoms with Crippen LogP contribution >= 0.6 is 22.9 Å². The van der Waals surface area contributed by atoms with Gasteiger partial charge in [-0.25, -0.2) is 4.98 Å². The third-order valence-corrected chi connectivity index (χ3v) is 4.15. The molecular weight excluding hydrogens is 244 g/mol. The standard InChI is InChI=1S/C11H15ClN2OS/c1-8-13-6-9(16-8)10(15)14-7-11(2-3-11)4-5-12/h6H,2-5,7H2,1H3,(H,14,15). The average molecular weight is 259 g/mol. The van der Waals surface area contributed by atoms with Gasteiger partial charge in [-0.15, -0.1) is 22.9 Å². The number of carbonyl (C=O) groups excluding carboxylic acids is 1. The van der Waals surface area contributed by atoms with Crippen molar-refractivity contribution in [2.75, 3.05) is 12.4 Å². The van der Waals surface area contributed by atoms with Crippen molar-refractivity contribution in [2.24, 2.45) is 5.41 Å². The fourth-order valence-corrected chi connectivity index (χ4v) is 2.81. The predicted molar refractivity (Wildman–Crippen MR) is 66.2 cm³/mol. The summed E-state index contributed by atoms with van der Waals surface area (Å²) in [5, 5.41) is 3.90. The maximum atomic E-state index is 11.8. The van der Waals surface area contributed by atoms with Crippen LogP contribution in [-0.4, -0.2) is 23.3 Å². The Hall–Kier alpha value is -0.610. The van der Waals surface area contributed by atoms with Crippen molar-refractivity contribution in [1.29, 1.82) is 0 Å². The van der Waals surface area contributed by atoms with Crippen LogP contribution in [0.25, 0.3) is 0 Å². The molecule has 16 heavy (non-hydrogen) atoms. The van der Waals surface area contributed by atoms with Crippen molar-refractivity contribution >= 4 is 28.8 Å². The molecule has 1 saturated carbocycles. The van der Waals surface area contributed by atoms with Crippen molar-refractivity contribution in [3.05, 3.63) is 16.1 Å². The Morgan fingerprint density at radius 2 is 2.44 bits per heavy atom. The first-order valence-corrected chi connectivity index (χ1v) is 6.77. The van der Waals surface area contributed by atoms with Gasteiger partial charge >= 0.3 is 0 Å². The van der Waals surface area contributed by atoms with E-state index in [0.717, 1.165) is 18.0 Å². The van der Waals surface area contributed by atoms with Gasteiger partial charge in [-0.2, -0.15) is 0 Å². The van der Waals surface area contributed by atoms with Gasteiger partial charge in [0.25, 0.3) is 5.91 Å². The lowest BCUT2D eigenvalue weighted by Crippen LogP contribution is -2.29. The zero-order valence-corrected chi connectivity index (χ0v) is 10.8. The van der Waals surface area contributed by atoms with Gasteiger partial charge in [0.15, 0.2) is 0 Å². The number of hydrogen-bond acceptors (Lipinski definition) is 3. The van der Waals surface area contributed by atoms with Crippen LogP contribution in [0.15, 0.2) is 6.20 Å². The van der Waals surface area contributed by atoms with Crippen molar-refractivity contribution in [3.8, 4) is 0 Å². The number of carbonyl (C=O) groups is 1. The summed E-state index contributed by atoms with van der Waals surface area (Å²) >= 11 is 7.17. The highest BCUT2D eigenvalue weighted by Gasteiger charge is 2.41. The summed E-state index contributed by atoms with van der Waals surface area (Å²) in [6.07, 6.45) is 5.00. The summed E-state index contributed by atoms with van der Waals surface area (Å²) in [4.78, 5) is 16.5. The topological polar surface area (TPSA) is 42.0 Å². The van der Waals surface area contributed by atoms with Crippen LogP contribution in [-0.2, 0) is 0 Å². The molecule has 5 heteroatoms. The van der Waals surface area contributed by atoms with E-state index in [9.17, 15) is 4.79 Å². The lowest BCUT2D eigenvalue weighted by atomic mass is 10.0. The average Bonchev–Trinajstić information content (AvgIpc) is 2.89. The van der Waals surface area contributed by atoms with E-state index in [0.29, 0.717) is 10.8 Å². The van der Waals surface area contributed by atoms with E-state index in [-0.39, 0.29) is 11.3 Å². The lowest BCUT2D eigenvalue weighted by molar-refractivity contribution is 0.0948. The molecule has 1 aromatic heterocycles. The van der Waals surface area contributed by atoms with Crippen molar-refractivity contribution in [1.82, 2.24) is 10.3 Å². The van der Waals surface area contributed by atoms with E-state index >= 15 is 0 Å². The number of alkyl halides is 1. The molecule has 1 heterocycles. The molecule has 1 aromatic rings. The highest BCUT2D eigenvalue weighted by atomic mass is 35.5. The van der Waals surface area contributed by atoms with Crippen LogP contribution in [0.5, 0.6) is 0 Å². The van der Waals surface area contributed by atoms with Crippen LogP contribution in [0.4, 0.5) is 0 Å². The molecule has 1 aliphatic rings. The van der Waals surface area contributed by atoms with Gasteiger partial charge < -0.3 is 5.32 Å². The second-order valence-corrected chi connectivity index (χ2v) is 5.98. The highest BCUT2D eigenvalue weighted by Crippen LogP contribution is 2.48. The second kappa shape index (κ2) is 4.72. The van der Waals surface area contributed by atoms with Crippen molar-refractivity contribution in [3.63, 3.8) is 0 Å². The summed E-state index contributed by atoms with van der Waals surface area (Å²) in [5.74, 6) is 0.668. The van der Waals surface area contributed by atoms with Gasteiger partial charge in [-0.1, -0.05) is 0 Å². The first-order valence-electron chi connectivity index (χ1n) is 5.42. The molecule has 88 valence electrons. The molecule has 0 bridgehead atoms. The Morgan fingerprint density at radius 3 is 2.94 bits per heavy atom. The van der Waals surface area contributed by atoms with Crippen molar-refractivity contribution in [2.45, 2.75) is 26.2 Å². The molecule has 0 saturated heterocycles. The molecule has 0 atom stereocenters. The third-order valence-electron chi connectivity index (χ3n) is 3.05. The summed E-state index contributed by atoms with van der Waals surface area (Å²) < 4.78 is 0. The van der Waals surface area contributed by atoms with E-state index in [1.165, 1.54) is 24.2 Å². The number of nitrogens with one attached hydrogen (secondary N) is 1. The number of aryl methyl sites for hydroxylation is 1. The summed E-state index contributed by atoms with van der Waals surface area (Å²) in [6, 6.07) is 0. The Labute approximate surface area is 104 Å². The van der Waals surface area contributed by atoms with Crippen LogP contribution in [0.1, 0.15) is 33.9 Å². The SMILES string of the molecule is Cc1ncc(C(=O)NCC2(CCCl)CC2)s1. The molecule has 1 aliphatic carbocycles. The van der Waals surface area contributed by atoms with Crippen LogP contribution in [0.2, 0.25) is 0 Å². The first-order chi connectivity index (χ1) is 7.65. The summed E-state index contributed by atoms with van der Waals surface area (Å²) in [6.45, 7) is 2.65. The summed E-state index contributed by atoms with van der Waals surface area (Å²) in [7, 11) is 0. The first kappa shape index (κ1) is 11.9. The van der Waals surface area contributed by atoms with Gasteiger partial charge in [-0.3, -0.25) is 4.79 Å². The Balaban J connectivity index is 1.84. The van der Waals surface area contributed by atoms with Gasteiger partial charge in [0.1, 0.15) is 4.88 Å². The van der Waals surface area contributed by atoms with Gasteiger partial charge in [0, 0.05) is 12.4 Å². The highest BCUT2D eigenvalue weighted by molar-refractivity contribution is 7.13. The largest absolute Gasteiger partial charge is 0.351 e. The molecule has 0 aliphatic heterocycles. The van der Waals surface area contributed by atoms with Crippen molar-refractivity contribution < 1.29 is 4.79 Å². The monoisotopic (exact) mass is 258 g/mol. The normalized spacial score (nSPS) is 17.1. The van der Waals surface area contributed by atoms with Gasteiger partial charge in [0.2, 0.25) is 0 Å². The van der Waals surface area contributed by atoms with Crippen LogP contribution in [0, 0.1) is 12.3 Å². The zero-order chi connectivity index (χ0) is 11.6. The number of halogens is 1. The van der Waals surface area contributed by atoms with Crippen LogP contribution in [0.3, 0.4) is 0 Å². The molecule has 0 aromatic carbocycles. The number of hydrogen-bond donors (Lipinski definition) is 1. The number of rotatable bonds is 5. The summed E-state index contributed by atoms with van der Waals surface area (Å²) in [5.41, 5.74) is 0.289. The van der Waals surface area contributed by atoms with Gasteiger partial charge in [-0.05, 0) is 31.6 Å². The lowest BCUT2D eigenvalue weighted by Gasteiger charge is -2.13. The van der Waals surface area contributed by atoms with Crippen LogP contribution < -0.4 is 5.32 Å². The Bertz CT molecular complexity index is 387. The minimum absolute atomic E-state index is 0.00792. The zero-order valence-electron chi connectivity index (χ0n) is 9.25. The van der Waals surface area contributed by atoms with E-state index in [1.807, 2.05) is 6.92 Å². The number of thiazole rings is 1. The smallest absolute Gasteiger partial charge is 0.263 e. The third kappa shape index (κ3) is 2.74. The molecule has 1 amide bonds. The molecule has 0 unspecified atom stereocenters. The van der Waals surface area contributed by atoms with E-state index in [1.54, 1.807) is 6.20 Å². The minimum atomic E-state index is -0.00792. The molecule has 0 radical (unpaired) electrons. The molecule has 0 spiro atoms. The molecular formula is C11H15ClN2OS. The van der Waals surface area contributed by atoms with E-state index < -0.39 is 0 Å². The molecule has 2 rings (SSSR count). The fraction of sp³-hybridized carbons (Fsp3) is 0.636. The predicted octanol–water partition coefficient (Wildman–Crippen LogP) is 2.59. The van der Waals surface area contributed by atoms with E-state index in [4.69, 9.17) is 11.6 Å². The maximum absolute atomic E-state index is 11.8. The molecule has 3 nitrogen and oxygen atoms in total. The van der Waals surface area contributed by atoms with E-state index in [2.05, 4.69) is 10.3 Å². The minimum Gasteiger partial charge on any atom is -0.351 e. The molecule has 1 N–H and O–H groups in total. The number of aromatic nitrogens is 1.